The first kappa shape index (κ1) is 24.6. The van der Waals surface area contributed by atoms with E-state index in [1.807, 2.05) is 30.3 Å². The summed E-state index contributed by atoms with van der Waals surface area (Å²) in [6.45, 7) is 0.933. The summed E-state index contributed by atoms with van der Waals surface area (Å²) in [7, 11) is 3.09. The van der Waals surface area contributed by atoms with Gasteiger partial charge in [0.05, 0.1) is 14.2 Å². The van der Waals surface area contributed by atoms with Gasteiger partial charge in [-0.3, -0.25) is 14.4 Å². The number of nitrogens with zero attached hydrogens (tertiary/aromatic N) is 1. The van der Waals surface area contributed by atoms with Crippen LogP contribution in [-0.2, 0) is 16.0 Å². The molecular formula is C27H33N3O5. The SMILES string of the molecule is COc1cc(OC)cc(C(=O)N2CCC(C(=O)NC(Cc3ccccc3)C(=O)NC3CC3)CC2)c1. The van der Waals surface area contributed by atoms with E-state index < -0.39 is 6.04 Å². The number of carbonyl (C=O) groups excluding carboxylic acids is 3. The molecule has 1 saturated carbocycles. The van der Waals surface area contributed by atoms with Gasteiger partial charge in [-0.25, -0.2) is 0 Å². The predicted octanol–water partition coefficient (Wildman–Crippen LogP) is 2.56. The summed E-state index contributed by atoms with van der Waals surface area (Å²) in [5.41, 5.74) is 1.49. The van der Waals surface area contributed by atoms with E-state index >= 15 is 0 Å². The van der Waals surface area contributed by atoms with Crippen LogP contribution in [0.15, 0.2) is 48.5 Å². The van der Waals surface area contributed by atoms with Gasteiger partial charge >= 0.3 is 0 Å². The highest BCUT2D eigenvalue weighted by molar-refractivity contribution is 5.95. The Morgan fingerprint density at radius 3 is 2.14 bits per heavy atom. The number of ether oxygens (including phenoxy) is 2. The normalized spacial score (nSPS) is 16.8. The van der Waals surface area contributed by atoms with Crippen LogP contribution in [0.1, 0.15) is 41.6 Å². The predicted molar refractivity (Wildman–Crippen MR) is 131 cm³/mol. The largest absolute Gasteiger partial charge is 0.497 e. The van der Waals surface area contributed by atoms with E-state index in [-0.39, 0.29) is 29.7 Å². The molecule has 35 heavy (non-hydrogen) atoms. The molecule has 1 aliphatic heterocycles. The van der Waals surface area contributed by atoms with Crippen LogP contribution in [0.25, 0.3) is 0 Å². The Balaban J connectivity index is 1.35. The summed E-state index contributed by atoms with van der Waals surface area (Å²) in [5, 5.41) is 6.00. The van der Waals surface area contributed by atoms with Crippen molar-refractivity contribution in [2.45, 2.75) is 44.2 Å². The molecule has 1 heterocycles. The smallest absolute Gasteiger partial charge is 0.254 e. The van der Waals surface area contributed by atoms with Gasteiger partial charge in [0, 0.05) is 43.1 Å². The first-order valence-corrected chi connectivity index (χ1v) is 12.1. The van der Waals surface area contributed by atoms with Crippen molar-refractivity contribution in [1.82, 2.24) is 15.5 Å². The third-order valence-electron chi connectivity index (χ3n) is 6.59. The first-order chi connectivity index (χ1) is 17.0. The highest BCUT2D eigenvalue weighted by atomic mass is 16.5. The number of carbonyl (C=O) groups is 3. The van der Waals surface area contributed by atoms with E-state index in [4.69, 9.17) is 9.47 Å². The van der Waals surface area contributed by atoms with E-state index in [1.165, 1.54) is 0 Å². The molecule has 1 saturated heterocycles. The Hall–Kier alpha value is -3.55. The highest BCUT2D eigenvalue weighted by Crippen LogP contribution is 2.26. The molecule has 1 unspecified atom stereocenters. The van der Waals surface area contributed by atoms with E-state index in [9.17, 15) is 14.4 Å². The summed E-state index contributed by atoms with van der Waals surface area (Å²) in [6.07, 6.45) is 3.51. The molecule has 0 bridgehead atoms. The molecule has 0 radical (unpaired) electrons. The highest BCUT2D eigenvalue weighted by Gasteiger charge is 2.32. The van der Waals surface area contributed by atoms with E-state index in [2.05, 4.69) is 10.6 Å². The quantitative estimate of drug-likeness (QED) is 0.576. The van der Waals surface area contributed by atoms with Gasteiger partial charge in [-0.15, -0.1) is 0 Å². The number of methoxy groups -OCH3 is 2. The molecule has 8 nitrogen and oxygen atoms in total. The maximum Gasteiger partial charge on any atom is 0.254 e. The van der Waals surface area contributed by atoms with Crippen LogP contribution < -0.4 is 20.1 Å². The van der Waals surface area contributed by atoms with Crippen molar-refractivity contribution in [2.24, 2.45) is 5.92 Å². The monoisotopic (exact) mass is 479 g/mol. The van der Waals surface area contributed by atoms with Crippen LogP contribution in [0.4, 0.5) is 0 Å². The zero-order valence-corrected chi connectivity index (χ0v) is 20.3. The average molecular weight is 480 g/mol. The molecule has 8 heteroatoms. The second kappa shape index (κ2) is 11.3. The number of hydrogen-bond donors (Lipinski definition) is 2. The molecule has 1 atom stereocenters. The van der Waals surface area contributed by atoms with E-state index in [0.29, 0.717) is 49.4 Å². The minimum absolute atomic E-state index is 0.119. The van der Waals surface area contributed by atoms with Gasteiger partial charge in [0.15, 0.2) is 0 Å². The summed E-state index contributed by atoms with van der Waals surface area (Å²) >= 11 is 0. The standard InChI is InChI=1S/C27H33N3O5/c1-34-22-15-20(16-23(17-22)35-2)27(33)30-12-10-19(11-13-30)25(31)29-24(26(32)28-21-8-9-21)14-18-6-4-3-5-7-18/h3-7,15-17,19,21,24H,8-14H2,1-2H3,(H,28,32)(H,29,31). The number of benzene rings is 2. The Kier molecular flexibility index (Phi) is 7.90. The number of nitrogens with one attached hydrogen (secondary N) is 2. The summed E-state index contributed by atoms with van der Waals surface area (Å²) < 4.78 is 10.5. The fourth-order valence-corrected chi connectivity index (χ4v) is 4.34. The van der Waals surface area contributed by atoms with Crippen LogP contribution in [0.5, 0.6) is 11.5 Å². The van der Waals surface area contributed by atoms with Crippen molar-refractivity contribution >= 4 is 17.7 Å². The summed E-state index contributed by atoms with van der Waals surface area (Å²) in [5.74, 6) is 0.473. The molecular weight excluding hydrogens is 446 g/mol. The number of likely N-dealkylation sites (tertiary alicyclic amines) is 1. The van der Waals surface area contributed by atoms with Gasteiger partial charge in [-0.1, -0.05) is 30.3 Å². The van der Waals surface area contributed by atoms with Crippen molar-refractivity contribution in [3.05, 3.63) is 59.7 Å². The lowest BCUT2D eigenvalue weighted by atomic mass is 9.94. The molecule has 0 aromatic heterocycles. The molecule has 0 spiro atoms. The van der Waals surface area contributed by atoms with Crippen LogP contribution in [0.2, 0.25) is 0 Å². The van der Waals surface area contributed by atoms with Crippen molar-refractivity contribution in [3.8, 4) is 11.5 Å². The molecule has 2 fully saturated rings. The average Bonchev–Trinajstić information content (AvgIpc) is 3.72. The summed E-state index contributed by atoms with van der Waals surface area (Å²) in [4.78, 5) is 40.7. The summed E-state index contributed by atoms with van der Waals surface area (Å²) in [6, 6.07) is 14.4. The zero-order valence-electron chi connectivity index (χ0n) is 20.3. The molecule has 3 amide bonds. The molecule has 186 valence electrons. The maximum atomic E-state index is 13.1. The van der Waals surface area contributed by atoms with Gasteiger partial charge in [-0.05, 0) is 43.4 Å². The van der Waals surface area contributed by atoms with Crippen molar-refractivity contribution in [3.63, 3.8) is 0 Å². The van der Waals surface area contributed by atoms with E-state index in [0.717, 1.165) is 18.4 Å². The van der Waals surface area contributed by atoms with Crippen molar-refractivity contribution in [1.29, 1.82) is 0 Å². The van der Waals surface area contributed by atoms with Crippen LogP contribution in [0.3, 0.4) is 0 Å². The Morgan fingerprint density at radius 2 is 1.57 bits per heavy atom. The lowest BCUT2D eigenvalue weighted by molar-refractivity contribution is -0.132. The molecule has 2 aliphatic rings. The molecule has 4 rings (SSSR count). The van der Waals surface area contributed by atoms with Gasteiger partial charge in [0.25, 0.3) is 5.91 Å². The fourth-order valence-electron chi connectivity index (χ4n) is 4.34. The fraction of sp³-hybridized carbons (Fsp3) is 0.444. The van der Waals surface area contributed by atoms with E-state index in [1.54, 1.807) is 37.3 Å². The Labute approximate surface area is 206 Å². The van der Waals surface area contributed by atoms with Crippen LogP contribution in [-0.4, -0.2) is 62.0 Å². The molecule has 2 aromatic carbocycles. The lowest BCUT2D eigenvalue weighted by Crippen LogP contribution is -2.51. The Bertz CT molecular complexity index is 1020. The third-order valence-corrected chi connectivity index (χ3v) is 6.59. The zero-order chi connectivity index (χ0) is 24.8. The van der Waals surface area contributed by atoms with Gasteiger partial charge in [-0.2, -0.15) is 0 Å². The first-order valence-electron chi connectivity index (χ1n) is 12.1. The second-order valence-electron chi connectivity index (χ2n) is 9.20. The van der Waals surface area contributed by atoms with Crippen molar-refractivity contribution < 1.29 is 23.9 Å². The number of hydrogen-bond acceptors (Lipinski definition) is 5. The van der Waals surface area contributed by atoms with Crippen LogP contribution in [0, 0.1) is 5.92 Å². The lowest BCUT2D eigenvalue weighted by Gasteiger charge is -2.32. The van der Waals surface area contributed by atoms with Gasteiger partial charge < -0.3 is 25.0 Å². The van der Waals surface area contributed by atoms with Gasteiger partial charge in [0.1, 0.15) is 17.5 Å². The number of rotatable bonds is 9. The number of amides is 3. The minimum Gasteiger partial charge on any atom is -0.497 e. The number of piperidine rings is 1. The Morgan fingerprint density at radius 1 is 0.943 bits per heavy atom. The third kappa shape index (κ3) is 6.53. The maximum absolute atomic E-state index is 13.1. The molecule has 2 N–H and O–H groups in total. The van der Waals surface area contributed by atoms with Crippen LogP contribution >= 0.6 is 0 Å². The minimum atomic E-state index is -0.616. The second-order valence-corrected chi connectivity index (χ2v) is 9.20. The molecule has 1 aliphatic carbocycles. The van der Waals surface area contributed by atoms with Crippen molar-refractivity contribution in [2.75, 3.05) is 27.3 Å². The van der Waals surface area contributed by atoms with Gasteiger partial charge in [0.2, 0.25) is 11.8 Å². The molecule has 2 aromatic rings. The topological polar surface area (TPSA) is 97.0 Å².